The zero-order chi connectivity index (χ0) is 18.7. The van der Waals surface area contributed by atoms with Crippen molar-refractivity contribution in [1.82, 2.24) is 19.7 Å². The molecule has 1 unspecified atom stereocenters. The highest BCUT2D eigenvalue weighted by atomic mass is 35.5. The molecular formula is C18H22ClN5O2. The lowest BCUT2D eigenvalue weighted by molar-refractivity contribution is -0.146. The molecule has 138 valence electrons. The van der Waals surface area contributed by atoms with Crippen LogP contribution in [0, 0.1) is 5.92 Å². The predicted molar refractivity (Wildman–Crippen MR) is 99.4 cm³/mol. The summed E-state index contributed by atoms with van der Waals surface area (Å²) in [5.74, 6) is 0.227. The molecule has 1 saturated heterocycles. The van der Waals surface area contributed by atoms with Crippen LogP contribution in [0.1, 0.15) is 26.2 Å². The third-order valence-corrected chi connectivity index (χ3v) is 4.90. The van der Waals surface area contributed by atoms with Gasteiger partial charge in [-0.25, -0.2) is 4.68 Å². The predicted octanol–water partition coefficient (Wildman–Crippen LogP) is 2.53. The fraction of sp³-hybridized carbons (Fsp3) is 0.444. The molecule has 2 aromatic heterocycles. The Morgan fingerprint density at radius 2 is 2.27 bits per heavy atom. The molecule has 2 amide bonds. The molecule has 0 saturated carbocycles. The zero-order valence-electron chi connectivity index (χ0n) is 14.9. The van der Waals surface area contributed by atoms with Gasteiger partial charge in [-0.3, -0.25) is 14.6 Å². The van der Waals surface area contributed by atoms with Crippen molar-refractivity contribution in [3.8, 4) is 5.69 Å². The number of halogens is 1. The van der Waals surface area contributed by atoms with E-state index in [9.17, 15) is 9.59 Å². The van der Waals surface area contributed by atoms with Gasteiger partial charge in [-0.1, -0.05) is 11.6 Å². The van der Waals surface area contributed by atoms with Crippen LogP contribution in [0.4, 0.5) is 5.69 Å². The maximum Gasteiger partial charge on any atom is 0.227 e. The number of amides is 2. The quantitative estimate of drug-likeness (QED) is 0.697. The van der Waals surface area contributed by atoms with Crippen LogP contribution < -0.4 is 4.90 Å². The second-order valence-electron chi connectivity index (χ2n) is 6.41. The second-order valence-corrected chi connectivity index (χ2v) is 6.76. The normalized spacial score (nSPS) is 16.5. The lowest BCUT2D eigenvalue weighted by Crippen LogP contribution is -2.49. The second kappa shape index (κ2) is 7.86. The van der Waals surface area contributed by atoms with Crippen LogP contribution >= 0.6 is 11.6 Å². The monoisotopic (exact) mass is 375 g/mol. The van der Waals surface area contributed by atoms with Crippen molar-refractivity contribution in [3.05, 3.63) is 35.9 Å². The highest BCUT2D eigenvalue weighted by Crippen LogP contribution is 2.27. The Hall–Kier alpha value is -2.41. The standard InChI is InChI=1S/C18H22ClN5O2/c1-3-23(16(25)8-4-6-13-11-22(2)18(13)26)15-12-24(21-17(15)19)14-7-5-9-20-10-14/h5,7,9-10,12-13H,3-4,6,8,11H2,1-2H3. The van der Waals surface area contributed by atoms with Gasteiger partial charge in [-0.15, -0.1) is 0 Å². The summed E-state index contributed by atoms with van der Waals surface area (Å²) in [6, 6.07) is 3.68. The van der Waals surface area contributed by atoms with Crippen molar-refractivity contribution in [1.29, 1.82) is 0 Å². The SMILES string of the molecule is CCN(C(=O)CCCC1CN(C)C1=O)c1cn(-c2cccnc2)nc1Cl. The van der Waals surface area contributed by atoms with Crippen LogP contribution in [-0.2, 0) is 9.59 Å². The summed E-state index contributed by atoms with van der Waals surface area (Å²) in [4.78, 5) is 31.7. The van der Waals surface area contributed by atoms with Crippen molar-refractivity contribution in [2.45, 2.75) is 26.2 Å². The first-order valence-electron chi connectivity index (χ1n) is 8.72. The number of β-lactam (4-membered cyclic amide) rings is 1. The van der Waals surface area contributed by atoms with E-state index < -0.39 is 0 Å². The highest BCUT2D eigenvalue weighted by Gasteiger charge is 2.33. The molecule has 0 spiro atoms. The molecular weight excluding hydrogens is 354 g/mol. The Kier molecular flexibility index (Phi) is 5.56. The average Bonchev–Trinajstić information content (AvgIpc) is 3.04. The highest BCUT2D eigenvalue weighted by molar-refractivity contribution is 6.32. The molecule has 0 aliphatic carbocycles. The summed E-state index contributed by atoms with van der Waals surface area (Å²) >= 11 is 6.27. The Balaban J connectivity index is 1.63. The maximum absolute atomic E-state index is 12.6. The fourth-order valence-electron chi connectivity index (χ4n) is 3.17. The van der Waals surface area contributed by atoms with Crippen molar-refractivity contribution < 1.29 is 9.59 Å². The minimum Gasteiger partial charge on any atom is -0.345 e. The van der Waals surface area contributed by atoms with E-state index in [1.165, 1.54) is 0 Å². The molecule has 3 rings (SSSR count). The summed E-state index contributed by atoms with van der Waals surface area (Å²) in [6.45, 7) is 3.19. The first-order valence-corrected chi connectivity index (χ1v) is 9.10. The largest absolute Gasteiger partial charge is 0.345 e. The van der Waals surface area contributed by atoms with Crippen LogP contribution in [0.3, 0.4) is 0 Å². The molecule has 7 nitrogen and oxygen atoms in total. The van der Waals surface area contributed by atoms with E-state index in [1.807, 2.05) is 19.1 Å². The first kappa shape index (κ1) is 18.4. The number of anilines is 1. The van der Waals surface area contributed by atoms with Gasteiger partial charge in [0.25, 0.3) is 0 Å². The maximum atomic E-state index is 12.6. The van der Waals surface area contributed by atoms with Crippen molar-refractivity contribution in [2.75, 3.05) is 25.0 Å². The van der Waals surface area contributed by atoms with Crippen LogP contribution in [0.5, 0.6) is 0 Å². The van der Waals surface area contributed by atoms with E-state index in [2.05, 4.69) is 10.1 Å². The van der Waals surface area contributed by atoms with Gasteiger partial charge in [0.2, 0.25) is 11.8 Å². The van der Waals surface area contributed by atoms with Crippen molar-refractivity contribution in [2.24, 2.45) is 5.92 Å². The Labute approximate surface area is 157 Å². The molecule has 8 heteroatoms. The number of likely N-dealkylation sites (tertiary alicyclic amines) is 1. The van der Waals surface area contributed by atoms with Gasteiger partial charge >= 0.3 is 0 Å². The van der Waals surface area contributed by atoms with Gasteiger partial charge in [0.05, 0.1) is 24.0 Å². The Morgan fingerprint density at radius 1 is 1.46 bits per heavy atom. The summed E-state index contributed by atoms with van der Waals surface area (Å²) in [6.07, 6.45) is 6.92. The number of nitrogens with zero attached hydrogens (tertiary/aromatic N) is 5. The lowest BCUT2D eigenvalue weighted by Gasteiger charge is -2.35. The van der Waals surface area contributed by atoms with Crippen LogP contribution in [0.25, 0.3) is 5.69 Å². The molecule has 1 fully saturated rings. The van der Waals surface area contributed by atoms with Gasteiger partial charge < -0.3 is 9.80 Å². The molecule has 1 aliphatic rings. The third-order valence-electron chi connectivity index (χ3n) is 4.63. The zero-order valence-corrected chi connectivity index (χ0v) is 15.7. The average molecular weight is 376 g/mol. The minimum atomic E-state index is -0.0136. The van der Waals surface area contributed by atoms with Gasteiger partial charge in [0.1, 0.15) is 5.69 Å². The molecule has 0 aromatic carbocycles. The third kappa shape index (κ3) is 3.72. The molecule has 1 atom stereocenters. The molecule has 26 heavy (non-hydrogen) atoms. The minimum absolute atomic E-state index is 0.0136. The first-order chi connectivity index (χ1) is 12.5. The molecule has 0 N–H and O–H groups in total. The number of carbonyl (C=O) groups excluding carboxylic acids is 2. The molecule has 1 aliphatic heterocycles. The Bertz CT molecular complexity index is 792. The molecule has 3 heterocycles. The van der Waals surface area contributed by atoms with Crippen LogP contribution in [0.2, 0.25) is 5.15 Å². The van der Waals surface area contributed by atoms with Gasteiger partial charge in [0, 0.05) is 32.8 Å². The van der Waals surface area contributed by atoms with Crippen molar-refractivity contribution in [3.63, 3.8) is 0 Å². The van der Waals surface area contributed by atoms with Gasteiger partial charge in [0.15, 0.2) is 5.15 Å². The molecule has 2 aromatic rings. The molecule has 0 bridgehead atoms. The van der Waals surface area contributed by atoms with E-state index >= 15 is 0 Å². The van der Waals surface area contributed by atoms with E-state index in [4.69, 9.17) is 11.6 Å². The number of hydrogen-bond donors (Lipinski definition) is 0. The van der Waals surface area contributed by atoms with Crippen LogP contribution in [0.15, 0.2) is 30.7 Å². The summed E-state index contributed by atoms with van der Waals surface area (Å²) < 4.78 is 1.61. The van der Waals surface area contributed by atoms with Gasteiger partial charge in [-0.05, 0) is 31.9 Å². The molecule has 0 radical (unpaired) electrons. The number of pyridine rings is 1. The topological polar surface area (TPSA) is 71.3 Å². The fourth-order valence-corrected chi connectivity index (χ4v) is 3.41. The van der Waals surface area contributed by atoms with E-state index in [1.54, 1.807) is 40.1 Å². The van der Waals surface area contributed by atoms with E-state index in [0.29, 0.717) is 25.1 Å². The summed E-state index contributed by atoms with van der Waals surface area (Å²) in [5.41, 5.74) is 1.36. The number of carbonyl (C=O) groups is 2. The van der Waals surface area contributed by atoms with E-state index in [-0.39, 0.29) is 22.9 Å². The van der Waals surface area contributed by atoms with Crippen molar-refractivity contribution >= 4 is 29.1 Å². The summed E-state index contributed by atoms with van der Waals surface area (Å²) in [7, 11) is 1.80. The van der Waals surface area contributed by atoms with Gasteiger partial charge in [-0.2, -0.15) is 5.10 Å². The Morgan fingerprint density at radius 3 is 2.88 bits per heavy atom. The number of rotatable bonds is 7. The van der Waals surface area contributed by atoms with E-state index in [0.717, 1.165) is 18.7 Å². The smallest absolute Gasteiger partial charge is 0.227 e. The summed E-state index contributed by atoms with van der Waals surface area (Å²) in [5, 5.41) is 4.56. The lowest BCUT2D eigenvalue weighted by atomic mass is 9.93. The van der Waals surface area contributed by atoms with Crippen LogP contribution in [-0.4, -0.2) is 51.6 Å². The number of aromatic nitrogens is 3. The number of hydrogen-bond acceptors (Lipinski definition) is 4.